The first-order valence-electron chi connectivity index (χ1n) is 7.04. The van der Waals surface area contributed by atoms with Crippen LogP contribution in [-0.2, 0) is 25.7 Å². The zero-order valence-corrected chi connectivity index (χ0v) is 13.2. The Bertz CT molecular complexity index is 688. The fourth-order valence-electron chi connectivity index (χ4n) is 2.55. The Morgan fingerprint density at radius 3 is 2.61 bits per heavy atom. The molecule has 0 aliphatic carbocycles. The van der Waals surface area contributed by atoms with Crippen molar-refractivity contribution >= 4 is 16.0 Å². The summed E-state index contributed by atoms with van der Waals surface area (Å²) in [6.45, 7) is 1.63. The van der Waals surface area contributed by atoms with Gasteiger partial charge in [-0.2, -0.15) is 17.5 Å². The molecule has 0 aromatic heterocycles. The average Bonchev–Trinajstić information content (AvgIpc) is 2.97. The van der Waals surface area contributed by atoms with E-state index in [0.717, 1.165) is 16.4 Å². The van der Waals surface area contributed by atoms with Crippen LogP contribution < -0.4 is 0 Å². The number of ether oxygens (including phenoxy) is 1. The molecule has 0 amide bonds. The molecule has 0 bridgehead atoms. The Kier molecular flexibility index (Phi) is 5.00. The van der Waals surface area contributed by atoms with E-state index in [9.17, 15) is 26.4 Å². The highest BCUT2D eigenvalue weighted by atomic mass is 32.2. The van der Waals surface area contributed by atoms with Crippen LogP contribution in [0, 0.1) is 0 Å². The van der Waals surface area contributed by atoms with Crippen LogP contribution in [0.15, 0.2) is 29.2 Å². The fraction of sp³-hybridized carbons (Fsp3) is 0.500. The van der Waals surface area contributed by atoms with Gasteiger partial charge < -0.3 is 4.74 Å². The molecule has 5 nitrogen and oxygen atoms in total. The van der Waals surface area contributed by atoms with E-state index >= 15 is 0 Å². The molecule has 1 fully saturated rings. The van der Waals surface area contributed by atoms with Crippen molar-refractivity contribution in [1.29, 1.82) is 0 Å². The molecule has 1 unspecified atom stereocenters. The van der Waals surface area contributed by atoms with Gasteiger partial charge in [-0.25, -0.2) is 8.42 Å². The number of rotatable bonds is 4. The highest BCUT2D eigenvalue weighted by Crippen LogP contribution is 2.36. The van der Waals surface area contributed by atoms with Gasteiger partial charge in [-0.3, -0.25) is 4.79 Å². The summed E-state index contributed by atoms with van der Waals surface area (Å²) in [6, 6.07) is 2.87. The van der Waals surface area contributed by atoms with Crippen LogP contribution in [0.4, 0.5) is 13.2 Å². The molecule has 1 aromatic rings. The molecular weight excluding hydrogens is 335 g/mol. The van der Waals surface area contributed by atoms with Gasteiger partial charge in [-0.15, -0.1) is 0 Å². The molecule has 1 aromatic carbocycles. The Morgan fingerprint density at radius 2 is 2.00 bits per heavy atom. The first-order valence-corrected chi connectivity index (χ1v) is 8.48. The molecule has 23 heavy (non-hydrogen) atoms. The van der Waals surface area contributed by atoms with Gasteiger partial charge in [0.1, 0.15) is 6.04 Å². The molecule has 0 radical (unpaired) electrons. The molecule has 0 saturated carbocycles. The van der Waals surface area contributed by atoms with Gasteiger partial charge in [-0.05, 0) is 31.9 Å². The third-order valence-electron chi connectivity index (χ3n) is 3.54. The third-order valence-corrected chi connectivity index (χ3v) is 5.51. The zero-order valence-electron chi connectivity index (χ0n) is 12.3. The summed E-state index contributed by atoms with van der Waals surface area (Å²) in [6.07, 6.45) is -4.19. The summed E-state index contributed by atoms with van der Waals surface area (Å²) in [5.41, 5.74) is -1.24. The lowest BCUT2D eigenvalue weighted by Crippen LogP contribution is -2.41. The van der Waals surface area contributed by atoms with E-state index in [1.165, 1.54) is 6.07 Å². The lowest BCUT2D eigenvalue weighted by atomic mass is 10.2. The predicted molar refractivity (Wildman–Crippen MR) is 75.0 cm³/mol. The van der Waals surface area contributed by atoms with Crippen molar-refractivity contribution in [2.75, 3.05) is 13.2 Å². The van der Waals surface area contributed by atoms with Crippen molar-refractivity contribution in [2.24, 2.45) is 0 Å². The quantitative estimate of drug-likeness (QED) is 0.782. The molecule has 1 atom stereocenters. The number of carbonyl (C=O) groups is 1. The second kappa shape index (κ2) is 6.48. The number of alkyl halides is 3. The fourth-order valence-corrected chi connectivity index (χ4v) is 4.41. The number of esters is 1. The van der Waals surface area contributed by atoms with Crippen LogP contribution >= 0.6 is 0 Å². The predicted octanol–water partition coefficient (Wildman–Crippen LogP) is 2.42. The third kappa shape index (κ3) is 3.50. The lowest BCUT2D eigenvalue weighted by molar-refractivity contribution is -0.146. The van der Waals surface area contributed by atoms with Gasteiger partial charge >= 0.3 is 12.1 Å². The van der Waals surface area contributed by atoms with Gasteiger partial charge in [-0.1, -0.05) is 12.1 Å². The Hall–Kier alpha value is -1.61. The molecule has 2 rings (SSSR count). The van der Waals surface area contributed by atoms with Crippen molar-refractivity contribution in [1.82, 2.24) is 4.31 Å². The molecule has 1 saturated heterocycles. The maximum Gasteiger partial charge on any atom is 0.417 e. The summed E-state index contributed by atoms with van der Waals surface area (Å²) in [5, 5.41) is 0. The molecular formula is C14H16F3NO4S. The number of sulfonamides is 1. The van der Waals surface area contributed by atoms with Crippen molar-refractivity contribution in [2.45, 2.75) is 36.9 Å². The van der Waals surface area contributed by atoms with Gasteiger partial charge in [0.2, 0.25) is 10.0 Å². The van der Waals surface area contributed by atoms with E-state index in [1.54, 1.807) is 6.92 Å². The van der Waals surface area contributed by atoms with Gasteiger partial charge in [0.15, 0.2) is 0 Å². The summed E-state index contributed by atoms with van der Waals surface area (Å²) < 4.78 is 70.1. The maximum absolute atomic E-state index is 13.1. The van der Waals surface area contributed by atoms with E-state index in [0.29, 0.717) is 12.5 Å². The van der Waals surface area contributed by atoms with E-state index < -0.39 is 38.7 Å². The largest absolute Gasteiger partial charge is 0.465 e. The number of carbonyl (C=O) groups excluding carboxylic acids is 1. The van der Waals surface area contributed by atoms with E-state index in [1.807, 2.05) is 0 Å². The van der Waals surface area contributed by atoms with Crippen molar-refractivity contribution in [3.05, 3.63) is 29.8 Å². The minimum absolute atomic E-state index is 0.0159. The summed E-state index contributed by atoms with van der Waals surface area (Å²) >= 11 is 0. The monoisotopic (exact) mass is 351 g/mol. The molecule has 9 heteroatoms. The van der Waals surface area contributed by atoms with Crippen molar-refractivity contribution < 1.29 is 31.1 Å². The highest BCUT2D eigenvalue weighted by Gasteiger charge is 2.44. The first-order chi connectivity index (χ1) is 10.7. The number of hydrogen-bond acceptors (Lipinski definition) is 4. The minimum Gasteiger partial charge on any atom is -0.465 e. The van der Waals surface area contributed by atoms with Crippen molar-refractivity contribution in [3.63, 3.8) is 0 Å². The zero-order chi connectivity index (χ0) is 17.3. The van der Waals surface area contributed by atoms with E-state index in [4.69, 9.17) is 4.74 Å². The second-order valence-electron chi connectivity index (χ2n) is 5.02. The van der Waals surface area contributed by atoms with Gasteiger partial charge in [0, 0.05) is 6.54 Å². The van der Waals surface area contributed by atoms with E-state index in [2.05, 4.69) is 0 Å². The molecule has 0 spiro atoms. The first kappa shape index (κ1) is 17.7. The molecule has 1 heterocycles. The molecule has 1 aliphatic heterocycles. The van der Waals surface area contributed by atoms with Gasteiger partial charge in [0.25, 0.3) is 0 Å². The number of benzene rings is 1. The number of hydrogen-bond donors (Lipinski definition) is 0. The van der Waals surface area contributed by atoms with E-state index in [-0.39, 0.29) is 19.6 Å². The summed E-state index contributed by atoms with van der Waals surface area (Å²) in [7, 11) is -4.45. The van der Waals surface area contributed by atoms with Crippen LogP contribution in [-0.4, -0.2) is 37.9 Å². The van der Waals surface area contributed by atoms with Crippen LogP contribution in [0.25, 0.3) is 0 Å². The lowest BCUT2D eigenvalue weighted by Gasteiger charge is -2.24. The van der Waals surface area contributed by atoms with Crippen LogP contribution in [0.1, 0.15) is 25.3 Å². The van der Waals surface area contributed by atoms with Crippen LogP contribution in [0.2, 0.25) is 0 Å². The standard InChI is InChI=1S/C14H16F3NO4S/c1-2-22-13(19)11-7-5-9-18(11)23(20,21)12-8-4-3-6-10(12)14(15,16)17/h3-4,6,8,11H,2,5,7,9H2,1H3. The van der Waals surface area contributed by atoms with Crippen molar-refractivity contribution in [3.8, 4) is 0 Å². The normalized spacial score (nSPS) is 19.7. The number of halogens is 3. The molecule has 128 valence electrons. The highest BCUT2D eigenvalue weighted by molar-refractivity contribution is 7.89. The van der Waals surface area contributed by atoms with Crippen LogP contribution in [0.3, 0.4) is 0 Å². The summed E-state index contributed by atoms with van der Waals surface area (Å²) in [4.78, 5) is 11.0. The molecule has 1 aliphatic rings. The Morgan fingerprint density at radius 1 is 1.35 bits per heavy atom. The number of nitrogens with zero attached hydrogens (tertiary/aromatic N) is 1. The molecule has 0 N–H and O–H groups in total. The average molecular weight is 351 g/mol. The smallest absolute Gasteiger partial charge is 0.417 e. The van der Waals surface area contributed by atoms with Gasteiger partial charge in [0.05, 0.1) is 17.1 Å². The SMILES string of the molecule is CCOC(=O)C1CCCN1S(=O)(=O)c1ccccc1C(F)(F)F. The Labute approximate surface area is 132 Å². The summed E-state index contributed by atoms with van der Waals surface area (Å²) in [5.74, 6) is -0.738. The maximum atomic E-state index is 13.1. The van der Waals surface area contributed by atoms with Crippen LogP contribution in [0.5, 0.6) is 0 Å². The topological polar surface area (TPSA) is 63.7 Å². The Balaban J connectivity index is 2.45. The second-order valence-corrected chi connectivity index (χ2v) is 6.88. The minimum atomic E-state index is -4.80.